The Morgan fingerprint density at radius 1 is 1.19 bits per heavy atom. The molecule has 1 amide bonds. The third-order valence-corrected chi connectivity index (χ3v) is 5.08. The summed E-state index contributed by atoms with van der Waals surface area (Å²) in [7, 11) is -2.11. The van der Waals surface area contributed by atoms with E-state index in [9.17, 15) is 13.2 Å². The van der Waals surface area contributed by atoms with Crippen LogP contribution < -0.4 is 14.4 Å². The molecule has 0 saturated heterocycles. The smallest absolute Gasteiger partial charge is 0.245 e. The number of carbonyl (C=O) groups is 1. The molecule has 6 nitrogen and oxygen atoms in total. The summed E-state index contributed by atoms with van der Waals surface area (Å²) >= 11 is 0. The van der Waals surface area contributed by atoms with Gasteiger partial charge in [0.1, 0.15) is 12.3 Å². The minimum atomic E-state index is -3.62. The number of anilines is 2. The fraction of sp³-hybridized carbons (Fsp3) is 0.316. The lowest BCUT2D eigenvalue weighted by atomic mass is 10.1. The Hall–Kier alpha value is -2.54. The summed E-state index contributed by atoms with van der Waals surface area (Å²) in [5.74, 6) is 0.0778. The molecular formula is C19H24N2O4S. The summed E-state index contributed by atoms with van der Waals surface area (Å²) in [6.45, 7) is 3.53. The van der Waals surface area contributed by atoms with Crippen molar-refractivity contribution in [1.82, 2.24) is 0 Å². The fourth-order valence-corrected chi connectivity index (χ4v) is 3.56. The number of methoxy groups -OCH3 is 1. The average molecular weight is 376 g/mol. The molecule has 0 saturated carbocycles. The Bertz CT molecular complexity index is 894. The Balaban J connectivity index is 2.30. The quantitative estimate of drug-likeness (QED) is 0.806. The molecule has 0 aromatic heterocycles. The molecule has 1 N–H and O–H groups in total. The van der Waals surface area contributed by atoms with Gasteiger partial charge in [-0.1, -0.05) is 31.2 Å². The van der Waals surface area contributed by atoms with Crippen molar-refractivity contribution in [3.63, 3.8) is 0 Å². The lowest BCUT2D eigenvalue weighted by Gasteiger charge is -2.24. The summed E-state index contributed by atoms with van der Waals surface area (Å²) in [5.41, 5.74) is 2.84. The molecule has 0 atom stereocenters. The minimum Gasteiger partial charge on any atom is -0.495 e. The number of nitrogens with zero attached hydrogens (tertiary/aromatic N) is 1. The van der Waals surface area contributed by atoms with E-state index in [2.05, 4.69) is 5.32 Å². The summed E-state index contributed by atoms with van der Waals surface area (Å²) in [4.78, 5) is 12.5. The first-order chi connectivity index (χ1) is 12.3. The van der Waals surface area contributed by atoms with Gasteiger partial charge in [0.2, 0.25) is 15.9 Å². The van der Waals surface area contributed by atoms with Crippen molar-refractivity contribution in [2.45, 2.75) is 20.3 Å². The zero-order chi connectivity index (χ0) is 19.3. The first-order valence-corrected chi connectivity index (χ1v) is 10.1. The molecule has 0 spiro atoms. The number of hydrogen-bond acceptors (Lipinski definition) is 4. The Morgan fingerprint density at radius 3 is 2.50 bits per heavy atom. The molecule has 7 heteroatoms. The Kier molecular flexibility index (Phi) is 6.26. The number of carbonyl (C=O) groups excluding carboxylic acids is 1. The lowest BCUT2D eigenvalue weighted by Crippen LogP contribution is -2.38. The fourth-order valence-electron chi connectivity index (χ4n) is 2.67. The molecule has 0 fully saturated rings. The Labute approximate surface area is 154 Å². The topological polar surface area (TPSA) is 75.7 Å². The number of hydrogen-bond donors (Lipinski definition) is 1. The third kappa shape index (κ3) is 4.76. The van der Waals surface area contributed by atoms with Crippen molar-refractivity contribution >= 4 is 27.3 Å². The molecule has 26 heavy (non-hydrogen) atoms. The maximum atomic E-state index is 12.5. The lowest BCUT2D eigenvalue weighted by molar-refractivity contribution is -0.114. The van der Waals surface area contributed by atoms with Crippen molar-refractivity contribution in [3.8, 4) is 5.75 Å². The van der Waals surface area contributed by atoms with E-state index in [4.69, 9.17) is 4.74 Å². The van der Waals surface area contributed by atoms with E-state index in [0.29, 0.717) is 23.5 Å². The molecule has 0 unspecified atom stereocenters. The van der Waals surface area contributed by atoms with Crippen molar-refractivity contribution in [2.75, 3.05) is 29.5 Å². The molecule has 0 aliphatic rings. The van der Waals surface area contributed by atoms with E-state index in [0.717, 1.165) is 21.7 Å². The second kappa shape index (κ2) is 8.23. The van der Waals surface area contributed by atoms with Crippen LogP contribution in [0.4, 0.5) is 11.4 Å². The van der Waals surface area contributed by atoms with Crippen molar-refractivity contribution in [2.24, 2.45) is 0 Å². The summed E-state index contributed by atoms with van der Waals surface area (Å²) in [6.07, 6.45) is 1.76. The zero-order valence-electron chi connectivity index (χ0n) is 15.4. The van der Waals surface area contributed by atoms with Gasteiger partial charge in [0.15, 0.2) is 0 Å². The molecule has 0 heterocycles. The standard InChI is InChI=1S/C19H24N2O4S/c1-5-15-8-6-7-9-17(15)21(26(4,23)24)13-19(22)20-16-12-14(2)10-11-18(16)25-3/h6-12H,5,13H2,1-4H3,(H,20,22). The second-order valence-electron chi connectivity index (χ2n) is 6.00. The van der Waals surface area contributed by atoms with E-state index in [1.165, 1.54) is 7.11 Å². The molecule has 0 aliphatic carbocycles. The van der Waals surface area contributed by atoms with Crippen LogP contribution in [0.15, 0.2) is 42.5 Å². The van der Waals surface area contributed by atoms with Gasteiger partial charge in [-0.2, -0.15) is 0 Å². The van der Waals surface area contributed by atoms with Gasteiger partial charge in [0.25, 0.3) is 0 Å². The monoisotopic (exact) mass is 376 g/mol. The van der Waals surface area contributed by atoms with Gasteiger partial charge in [0.05, 0.1) is 24.7 Å². The SMILES string of the molecule is CCc1ccccc1N(CC(=O)Nc1cc(C)ccc1OC)S(C)(=O)=O. The van der Waals surface area contributed by atoms with Gasteiger partial charge >= 0.3 is 0 Å². The molecule has 0 aliphatic heterocycles. The van der Waals surface area contributed by atoms with Crippen molar-refractivity contribution in [3.05, 3.63) is 53.6 Å². The Morgan fingerprint density at radius 2 is 1.88 bits per heavy atom. The zero-order valence-corrected chi connectivity index (χ0v) is 16.3. The number of aryl methyl sites for hydroxylation is 2. The molecular weight excluding hydrogens is 352 g/mol. The predicted molar refractivity (Wildman–Crippen MR) is 104 cm³/mol. The van der Waals surface area contributed by atoms with Gasteiger partial charge in [-0.15, -0.1) is 0 Å². The number of benzene rings is 2. The second-order valence-corrected chi connectivity index (χ2v) is 7.91. The van der Waals surface area contributed by atoms with Crippen LogP contribution in [0.25, 0.3) is 0 Å². The number of para-hydroxylation sites is 1. The van der Waals surface area contributed by atoms with Crippen LogP contribution in [-0.2, 0) is 21.2 Å². The van der Waals surface area contributed by atoms with Crippen LogP contribution >= 0.6 is 0 Å². The van der Waals surface area contributed by atoms with Crippen LogP contribution in [0.3, 0.4) is 0 Å². The third-order valence-electron chi connectivity index (χ3n) is 3.96. The number of nitrogens with one attached hydrogen (secondary N) is 1. The summed E-state index contributed by atoms with van der Waals surface area (Å²) < 4.78 is 30.9. The van der Waals surface area contributed by atoms with Gasteiger partial charge in [0, 0.05) is 0 Å². The minimum absolute atomic E-state index is 0.313. The molecule has 2 rings (SSSR count). The first kappa shape index (κ1) is 19.8. The van der Waals surface area contributed by atoms with Gasteiger partial charge < -0.3 is 10.1 Å². The summed E-state index contributed by atoms with van der Waals surface area (Å²) in [6, 6.07) is 12.6. The summed E-state index contributed by atoms with van der Waals surface area (Å²) in [5, 5.41) is 2.74. The van der Waals surface area contributed by atoms with Crippen LogP contribution in [0.5, 0.6) is 5.75 Å². The highest BCUT2D eigenvalue weighted by Crippen LogP contribution is 2.26. The van der Waals surface area contributed by atoms with Crippen LogP contribution in [-0.4, -0.2) is 34.2 Å². The maximum Gasteiger partial charge on any atom is 0.245 e. The highest BCUT2D eigenvalue weighted by Gasteiger charge is 2.23. The first-order valence-electron chi connectivity index (χ1n) is 8.26. The average Bonchev–Trinajstić information content (AvgIpc) is 2.59. The highest BCUT2D eigenvalue weighted by atomic mass is 32.2. The van der Waals surface area contributed by atoms with Gasteiger partial charge in [-0.05, 0) is 42.7 Å². The molecule has 0 bridgehead atoms. The number of sulfonamides is 1. The van der Waals surface area contributed by atoms with Crippen LogP contribution in [0.1, 0.15) is 18.1 Å². The maximum absolute atomic E-state index is 12.5. The van der Waals surface area contributed by atoms with Gasteiger partial charge in [-0.25, -0.2) is 8.42 Å². The van der Waals surface area contributed by atoms with E-state index < -0.39 is 15.9 Å². The molecule has 2 aromatic carbocycles. The van der Waals surface area contributed by atoms with Crippen molar-refractivity contribution < 1.29 is 17.9 Å². The van der Waals surface area contributed by atoms with E-state index in [-0.39, 0.29) is 6.54 Å². The predicted octanol–water partition coefficient (Wildman–Crippen LogP) is 2.97. The van der Waals surface area contributed by atoms with E-state index in [1.807, 2.05) is 32.0 Å². The van der Waals surface area contributed by atoms with E-state index in [1.54, 1.807) is 24.3 Å². The molecule has 0 radical (unpaired) electrons. The van der Waals surface area contributed by atoms with Crippen molar-refractivity contribution in [1.29, 1.82) is 0 Å². The number of rotatable bonds is 7. The number of ether oxygens (including phenoxy) is 1. The molecule has 2 aromatic rings. The van der Waals surface area contributed by atoms with Crippen LogP contribution in [0, 0.1) is 6.92 Å². The number of amides is 1. The largest absolute Gasteiger partial charge is 0.495 e. The van der Waals surface area contributed by atoms with Crippen LogP contribution in [0.2, 0.25) is 0 Å². The highest BCUT2D eigenvalue weighted by molar-refractivity contribution is 7.92. The molecule has 140 valence electrons. The normalized spacial score (nSPS) is 11.1. The van der Waals surface area contributed by atoms with Gasteiger partial charge in [-0.3, -0.25) is 9.10 Å². The van der Waals surface area contributed by atoms with E-state index >= 15 is 0 Å².